The standard InChI is InChI=1S/C13H13BrN2/c14-13-4-2-1-3-11(13)12(9-15)10-5-7-16-8-6-10/h1-4,16H,5-8H2. The lowest BCUT2D eigenvalue weighted by Gasteiger charge is -2.17. The SMILES string of the molecule is N#CC(=C1CCNCC1)c1ccccc1Br. The average molecular weight is 277 g/mol. The zero-order valence-corrected chi connectivity index (χ0v) is 10.5. The molecule has 1 aromatic carbocycles. The van der Waals surface area contributed by atoms with Crippen LogP contribution in [-0.4, -0.2) is 13.1 Å². The van der Waals surface area contributed by atoms with Gasteiger partial charge in [-0.15, -0.1) is 0 Å². The molecular weight excluding hydrogens is 264 g/mol. The summed E-state index contributed by atoms with van der Waals surface area (Å²) in [5, 5.41) is 12.6. The predicted octanol–water partition coefficient (Wildman–Crippen LogP) is 3.11. The summed E-state index contributed by atoms with van der Waals surface area (Å²) in [7, 11) is 0. The number of piperidine rings is 1. The molecule has 3 heteroatoms. The van der Waals surface area contributed by atoms with Crippen LogP contribution in [0.2, 0.25) is 0 Å². The molecule has 0 spiro atoms. The summed E-state index contributed by atoms with van der Waals surface area (Å²) in [5.41, 5.74) is 3.13. The number of nitrogens with one attached hydrogen (secondary N) is 1. The monoisotopic (exact) mass is 276 g/mol. The van der Waals surface area contributed by atoms with Gasteiger partial charge in [-0.1, -0.05) is 34.1 Å². The van der Waals surface area contributed by atoms with Crippen LogP contribution in [-0.2, 0) is 0 Å². The van der Waals surface area contributed by atoms with Gasteiger partial charge in [0, 0.05) is 10.0 Å². The van der Waals surface area contributed by atoms with Gasteiger partial charge in [0.15, 0.2) is 0 Å². The highest BCUT2D eigenvalue weighted by Crippen LogP contribution is 2.29. The minimum atomic E-state index is 0.842. The number of rotatable bonds is 1. The summed E-state index contributed by atoms with van der Waals surface area (Å²) >= 11 is 3.50. The van der Waals surface area contributed by atoms with Crippen LogP contribution in [0.15, 0.2) is 34.3 Å². The molecule has 1 fully saturated rings. The molecule has 82 valence electrons. The number of hydrogen-bond donors (Lipinski definition) is 1. The minimum absolute atomic E-state index is 0.842. The van der Waals surface area contributed by atoms with E-state index in [1.807, 2.05) is 24.3 Å². The van der Waals surface area contributed by atoms with E-state index < -0.39 is 0 Å². The molecule has 1 saturated heterocycles. The van der Waals surface area contributed by atoms with E-state index in [1.54, 1.807) is 0 Å². The smallest absolute Gasteiger partial charge is 0.0997 e. The summed E-state index contributed by atoms with van der Waals surface area (Å²) in [6.45, 7) is 1.95. The highest BCUT2D eigenvalue weighted by Gasteiger charge is 2.13. The second-order valence-corrected chi connectivity index (χ2v) is 4.67. The molecule has 0 aromatic heterocycles. The number of hydrogen-bond acceptors (Lipinski definition) is 2. The van der Waals surface area contributed by atoms with Gasteiger partial charge < -0.3 is 5.32 Å². The fourth-order valence-corrected chi connectivity index (χ4v) is 2.46. The lowest BCUT2D eigenvalue weighted by Crippen LogP contribution is -2.23. The molecule has 0 amide bonds. The lowest BCUT2D eigenvalue weighted by molar-refractivity contribution is 0.612. The van der Waals surface area contributed by atoms with Gasteiger partial charge >= 0.3 is 0 Å². The number of allylic oxidation sites excluding steroid dienone is 1. The van der Waals surface area contributed by atoms with E-state index in [0.717, 1.165) is 41.5 Å². The Kier molecular flexibility index (Phi) is 3.76. The van der Waals surface area contributed by atoms with Crippen molar-refractivity contribution in [1.82, 2.24) is 5.32 Å². The number of benzene rings is 1. The van der Waals surface area contributed by atoms with Gasteiger partial charge in [-0.25, -0.2) is 0 Å². The second-order valence-electron chi connectivity index (χ2n) is 3.82. The Morgan fingerprint density at radius 2 is 1.94 bits per heavy atom. The zero-order chi connectivity index (χ0) is 11.4. The molecule has 1 N–H and O–H groups in total. The van der Waals surface area contributed by atoms with E-state index in [0.29, 0.717) is 0 Å². The van der Waals surface area contributed by atoms with Gasteiger partial charge in [0.25, 0.3) is 0 Å². The molecule has 0 atom stereocenters. The summed E-state index contributed by atoms with van der Waals surface area (Å²) in [6.07, 6.45) is 1.95. The summed E-state index contributed by atoms with van der Waals surface area (Å²) in [5.74, 6) is 0. The third-order valence-electron chi connectivity index (χ3n) is 2.82. The molecule has 0 radical (unpaired) electrons. The van der Waals surface area contributed by atoms with Crippen molar-refractivity contribution in [3.05, 3.63) is 39.9 Å². The van der Waals surface area contributed by atoms with Crippen LogP contribution in [0.25, 0.3) is 5.57 Å². The average Bonchev–Trinajstić information content (AvgIpc) is 2.34. The normalized spacial score (nSPS) is 15.6. The van der Waals surface area contributed by atoms with Crippen molar-refractivity contribution < 1.29 is 0 Å². The molecule has 16 heavy (non-hydrogen) atoms. The van der Waals surface area contributed by atoms with Crippen LogP contribution in [0, 0.1) is 11.3 Å². The first kappa shape index (κ1) is 11.4. The number of nitriles is 1. The molecule has 0 unspecified atom stereocenters. The summed E-state index contributed by atoms with van der Waals surface area (Å²) in [4.78, 5) is 0. The van der Waals surface area contributed by atoms with E-state index in [2.05, 4.69) is 27.3 Å². The van der Waals surface area contributed by atoms with E-state index in [4.69, 9.17) is 0 Å². The fraction of sp³-hybridized carbons (Fsp3) is 0.308. The molecule has 1 heterocycles. The van der Waals surface area contributed by atoms with Crippen molar-refractivity contribution >= 4 is 21.5 Å². The molecule has 0 bridgehead atoms. The quantitative estimate of drug-likeness (QED) is 0.801. The van der Waals surface area contributed by atoms with E-state index in [1.165, 1.54) is 5.57 Å². The van der Waals surface area contributed by atoms with Gasteiger partial charge in [0.1, 0.15) is 0 Å². The van der Waals surface area contributed by atoms with Crippen LogP contribution >= 0.6 is 15.9 Å². The molecular formula is C13H13BrN2. The zero-order valence-electron chi connectivity index (χ0n) is 8.96. The summed E-state index contributed by atoms with van der Waals surface area (Å²) < 4.78 is 0.998. The third-order valence-corrected chi connectivity index (χ3v) is 3.51. The molecule has 1 aromatic rings. The second kappa shape index (κ2) is 5.29. The van der Waals surface area contributed by atoms with Crippen molar-refractivity contribution in [2.45, 2.75) is 12.8 Å². The van der Waals surface area contributed by atoms with Crippen molar-refractivity contribution in [2.24, 2.45) is 0 Å². The maximum atomic E-state index is 9.31. The Balaban J connectivity index is 2.43. The number of nitrogens with zero attached hydrogens (tertiary/aromatic N) is 1. The van der Waals surface area contributed by atoms with Gasteiger partial charge in [-0.05, 0) is 37.6 Å². The van der Waals surface area contributed by atoms with Crippen molar-refractivity contribution in [2.75, 3.05) is 13.1 Å². The third kappa shape index (κ3) is 2.34. The lowest BCUT2D eigenvalue weighted by atomic mass is 9.95. The highest BCUT2D eigenvalue weighted by atomic mass is 79.9. The molecule has 1 aliphatic heterocycles. The summed E-state index contributed by atoms with van der Waals surface area (Å²) in [6, 6.07) is 10.3. The van der Waals surface area contributed by atoms with Crippen molar-refractivity contribution in [3.63, 3.8) is 0 Å². The van der Waals surface area contributed by atoms with E-state index in [9.17, 15) is 5.26 Å². The topological polar surface area (TPSA) is 35.8 Å². The first-order chi connectivity index (χ1) is 7.83. The molecule has 1 aliphatic rings. The Hall–Kier alpha value is -1.11. The Morgan fingerprint density at radius 3 is 2.56 bits per heavy atom. The Labute approximate surface area is 104 Å². The van der Waals surface area contributed by atoms with Gasteiger partial charge in [-0.3, -0.25) is 0 Å². The fourth-order valence-electron chi connectivity index (χ4n) is 1.97. The van der Waals surface area contributed by atoms with Crippen LogP contribution in [0.3, 0.4) is 0 Å². The first-order valence-electron chi connectivity index (χ1n) is 5.40. The van der Waals surface area contributed by atoms with E-state index in [-0.39, 0.29) is 0 Å². The van der Waals surface area contributed by atoms with Crippen LogP contribution in [0.5, 0.6) is 0 Å². The first-order valence-corrected chi connectivity index (χ1v) is 6.20. The van der Waals surface area contributed by atoms with Gasteiger partial charge in [0.05, 0.1) is 11.6 Å². The van der Waals surface area contributed by atoms with Crippen LogP contribution in [0.4, 0.5) is 0 Å². The maximum Gasteiger partial charge on any atom is 0.0997 e. The predicted molar refractivity (Wildman–Crippen MR) is 68.8 cm³/mol. The Bertz CT molecular complexity index is 449. The van der Waals surface area contributed by atoms with Gasteiger partial charge in [-0.2, -0.15) is 5.26 Å². The van der Waals surface area contributed by atoms with Crippen molar-refractivity contribution in [1.29, 1.82) is 5.26 Å². The van der Waals surface area contributed by atoms with Gasteiger partial charge in [0.2, 0.25) is 0 Å². The van der Waals surface area contributed by atoms with E-state index >= 15 is 0 Å². The maximum absolute atomic E-state index is 9.31. The minimum Gasteiger partial charge on any atom is -0.316 e. The number of halogens is 1. The Morgan fingerprint density at radius 1 is 1.25 bits per heavy atom. The van der Waals surface area contributed by atoms with Crippen molar-refractivity contribution in [3.8, 4) is 6.07 Å². The molecule has 2 rings (SSSR count). The molecule has 0 saturated carbocycles. The molecule has 0 aliphatic carbocycles. The molecule has 2 nitrogen and oxygen atoms in total. The highest BCUT2D eigenvalue weighted by molar-refractivity contribution is 9.10. The largest absolute Gasteiger partial charge is 0.316 e. The van der Waals surface area contributed by atoms with Crippen LogP contribution in [0.1, 0.15) is 18.4 Å². The van der Waals surface area contributed by atoms with Crippen LogP contribution < -0.4 is 5.32 Å².